The number of aryl methyl sites for hydroxylation is 1. The predicted octanol–water partition coefficient (Wildman–Crippen LogP) is 6.31. The molecule has 1 N–H and O–H groups in total. The van der Waals surface area contributed by atoms with E-state index in [9.17, 15) is 0 Å². The summed E-state index contributed by atoms with van der Waals surface area (Å²) in [6.45, 7) is 5.49. The van der Waals surface area contributed by atoms with Crippen molar-refractivity contribution in [3.05, 3.63) is 28.2 Å². The van der Waals surface area contributed by atoms with Gasteiger partial charge in [0.2, 0.25) is 0 Å². The van der Waals surface area contributed by atoms with Crippen LogP contribution in [0.25, 0.3) is 0 Å². The molecular weight excluding hydrogens is 298 g/mol. The number of anilines is 1. The molecule has 0 unspecified atom stereocenters. The van der Waals surface area contributed by atoms with E-state index in [1.807, 2.05) is 0 Å². The van der Waals surface area contributed by atoms with Crippen molar-refractivity contribution in [3.63, 3.8) is 0 Å². The number of hydrogen-bond donors (Lipinski definition) is 1. The molecule has 0 saturated heterocycles. The van der Waals surface area contributed by atoms with E-state index in [1.165, 1.54) is 62.6 Å². The van der Waals surface area contributed by atoms with Crippen molar-refractivity contribution in [3.8, 4) is 0 Å². The maximum atomic E-state index is 3.54. The number of halogens is 1. The van der Waals surface area contributed by atoms with Crippen LogP contribution in [0.15, 0.2) is 22.7 Å². The molecule has 0 aliphatic heterocycles. The van der Waals surface area contributed by atoms with E-state index in [0.29, 0.717) is 0 Å². The van der Waals surface area contributed by atoms with Crippen molar-refractivity contribution in [2.75, 3.05) is 11.9 Å². The molecule has 0 aliphatic rings. The third kappa shape index (κ3) is 8.30. The topological polar surface area (TPSA) is 12.0 Å². The van der Waals surface area contributed by atoms with Crippen molar-refractivity contribution >= 4 is 21.6 Å². The van der Waals surface area contributed by atoms with Crippen LogP contribution < -0.4 is 5.32 Å². The molecule has 0 saturated carbocycles. The van der Waals surface area contributed by atoms with Crippen LogP contribution in [0, 0.1) is 6.92 Å². The summed E-state index contributed by atoms with van der Waals surface area (Å²) < 4.78 is 1.16. The summed E-state index contributed by atoms with van der Waals surface area (Å²) in [6, 6.07) is 6.49. The standard InChI is InChI=1S/C17H28BrN/c1-3-4-5-6-7-8-9-10-11-19-17-13-15(2)12-16(18)14-17/h12-14,19H,3-11H2,1-2H3. The molecule has 0 radical (unpaired) electrons. The van der Waals surface area contributed by atoms with Gasteiger partial charge in [-0.3, -0.25) is 0 Å². The normalized spacial score (nSPS) is 10.7. The van der Waals surface area contributed by atoms with Crippen LogP contribution in [0.2, 0.25) is 0 Å². The van der Waals surface area contributed by atoms with Gasteiger partial charge >= 0.3 is 0 Å². The minimum absolute atomic E-state index is 1.09. The fourth-order valence-corrected chi connectivity index (χ4v) is 2.94. The molecule has 0 atom stereocenters. The molecule has 1 rings (SSSR count). The van der Waals surface area contributed by atoms with Crippen molar-refractivity contribution in [2.45, 2.75) is 65.2 Å². The Balaban J connectivity index is 2.01. The fourth-order valence-electron chi connectivity index (χ4n) is 2.33. The number of nitrogens with one attached hydrogen (secondary N) is 1. The maximum Gasteiger partial charge on any atom is 0.0354 e. The van der Waals surface area contributed by atoms with Crippen molar-refractivity contribution in [1.82, 2.24) is 0 Å². The van der Waals surface area contributed by atoms with Gasteiger partial charge in [0.25, 0.3) is 0 Å². The zero-order chi connectivity index (χ0) is 13.9. The molecule has 2 heteroatoms. The van der Waals surface area contributed by atoms with Gasteiger partial charge in [-0.05, 0) is 37.1 Å². The van der Waals surface area contributed by atoms with Crippen LogP contribution in [0.5, 0.6) is 0 Å². The van der Waals surface area contributed by atoms with E-state index < -0.39 is 0 Å². The van der Waals surface area contributed by atoms with Gasteiger partial charge in [-0.15, -0.1) is 0 Å². The predicted molar refractivity (Wildman–Crippen MR) is 90.0 cm³/mol. The Morgan fingerprint density at radius 2 is 1.53 bits per heavy atom. The summed E-state index contributed by atoms with van der Waals surface area (Å²) in [5, 5.41) is 3.51. The van der Waals surface area contributed by atoms with Gasteiger partial charge in [-0.1, -0.05) is 67.8 Å². The van der Waals surface area contributed by atoms with Crippen LogP contribution >= 0.6 is 15.9 Å². The van der Waals surface area contributed by atoms with Gasteiger partial charge in [-0.25, -0.2) is 0 Å². The second-order valence-electron chi connectivity index (χ2n) is 5.42. The molecule has 1 aromatic rings. The van der Waals surface area contributed by atoms with Gasteiger partial charge in [0.1, 0.15) is 0 Å². The molecule has 0 bridgehead atoms. The second-order valence-corrected chi connectivity index (χ2v) is 6.33. The monoisotopic (exact) mass is 325 g/mol. The van der Waals surface area contributed by atoms with E-state index in [2.05, 4.69) is 53.3 Å². The summed E-state index contributed by atoms with van der Waals surface area (Å²) in [4.78, 5) is 0. The van der Waals surface area contributed by atoms with Crippen LogP contribution in [0.4, 0.5) is 5.69 Å². The molecule has 0 spiro atoms. The molecule has 0 aliphatic carbocycles. The summed E-state index contributed by atoms with van der Waals surface area (Å²) >= 11 is 3.54. The number of benzene rings is 1. The third-order valence-electron chi connectivity index (χ3n) is 3.40. The van der Waals surface area contributed by atoms with Gasteiger partial charge in [-0.2, -0.15) is 0 Å². The Kier molecular flexibility index (Phi) is 8.98. The number of hydrogen-bond acceptors (Lipinski definition) is 1. The average molecular weight is 326 g/mol. The lowest BCUT2D eigenvalue weighted by atomic mass is 10.1. The lowest BCUT2D eigenvalue weighted by molar-refractivity contribution is 0.581. The van der Waals surface area contributed by atoms with Crippen LogP contribution in [-0.4, -0.2) is 6.54 Å². The Labute approximate surface area is 127 Å². The molecule has 0 heterocycles. The smallest absolute Gasteiger partial charge is 0.0354 e. The lowest BCUT2D eigenvalue weighted by Crippen LogP contribution is -2.01. The third-order valence-corrected chi connectivity index (χ3v) is 3.86. The Morgan fingerprint density at radius 3 is 2.16 bits per heavy atom. The van der Waals surface area contributed by atoms with Crippen LogP contribution in [-0.2, 0) is 0 Å². The summed E-state index contributed by atoms with van der Waals surface area (Å²) in [5.41, 5.74) is 2.53. The molecule has 1 nitrogen and oxygen atoms in total. The molecule has 0 fully saturated rings. The molecule has 0 aromatic heterocycles. The first-order valence-corrected chi connectivity index (χ1v) is 8.52. The minimum atomic E-state index is 1.09. The van der Waals surface area contributed by atoms with Gasteiger partial charge in [0.15, 0.2) is 0 Å². The Bertz CT molecular complexity index is 329. The first-order chi connectivity index (χ1) is 9.22. The largest absolute Gasteiger partial charge is 0.385 e. The van der Waals surface area contributed by atoms with Crippen LogP contribution in [0.1, 0.15) is 63.9 Å². The first kappa shape index (κ1) is 16.6. The molecule has 1 aromatic carbocycles. The zero-order valence-corrected chi connectivity index (χ0v) is 14.1. The van der Waals surface area contributed by atoms with E-state index in [-0.39, 0.29) is 0 Å². The molecule has 19 heavy (non-hydrogen) atoms. The molecule has 0 amide bonds. The van der Waals surface area contributed by atoms with E-state index in [0.717, 1.165) is 11.0 Å². The van der Waals surface area contributed by atoms with E-state index in [4.69, 9.17) is 0 Å². The molecular formula is C17H28BrN. The number of unbranched alkanes of at least 4 members (excludes halogenated alkanes) is 7. The van der Waals surface area contributed by atoms with Crippen LogP contribution in [0.3, 0.4) is 0 Å². The Morgan fingerprint density at radius 1 is 0.895 bits per heavy atom. The van der Waals surface area contributed by atoms with Crippen molar-refractivity contribution < 1.29 is 0 Å². The highest BCUT2D eigenvalue weighted by Gasteiger charge is 1.96. The summed E-state index contributed by atoms with van der Waals surface area (Å²) in [6.07, 6.45) is 11.0. The lowest BCUT2D eigenvalue weighted by Gasteiger charge is -2.08. The summed E-state index contributed by atoms with van der Waals surface area (Å²) in [5.74, 6) is 0. The van der Waals surface area contributed by atoms with Crippen molar-refractivity contribution in [1.29, 1.82) is 0 Å². The number of rotatable bonds is 10. The van der Waals surface area contributed by atoms with Crippen molar-refractivity contribution in [2.24, 2.45) is 0 Å². The summed E-state index contributed by atoms with van der Waals surface area (Å²) in [7, 11) is 0. The van der Waals surface area contributed by atoms with E-state index in [1.54, 1.807) is 0 Å². The first-order valence-electron chi connectivity index (χ1n) is 7.73. The quantitative estimate of drug-likeness (QED) is 0.497. The SMILES string of the molecule is CCCCCCCCCCNc1cc(C)cc(Br)c1. The maximum absolute atomic E-state index is 3.54. The zero-order valence-electron chi connectivity index (χ0n) is 12.5. The molecule has 108 valence electrons. The highest BCUT2D eigenvalue weighted by Crippen LogP contribution is 2.19. The fraction of sp³-hybridized carbons (Fsp3) is 0.647. The highest BCUT2D eigenvalue weighted by atomic mass is 79.9. The van der Waals surface area contributed by atoms with Gasteiger partial charge < -0.3 is 5.32 Å². The van der Waals surface area contributed by atoms with Gasteiger partial charge in [0.05, 0.1) is 0 Å². The minimum Gasteiger partial charge on any atom is -0.385 e. The average Bonchev–Trinajstić information content (AvgIpc) is 2.36. The second kappa shape index (κ2) is 10.3. The Hall–Kier alpha value is -0.500. The van der Waals surface area contributed by atoms with Gasteiger partial charge in [0, 0.05) is 16.7 Å². The van der Waals surface area contributed by atoms with E-state index >= 15 is 0 Å². The highest BCUT2D eigenvalue weighted by molar-refractivity contribution is 9.10.